The number of ether oxygens (including phenoxy) is 1. The Bertz CT molecular complexity index is 846. The van der Waals surface area contributed by atoms with E-state index in [9.17, 15) is 14.4 Å². The number of hydrogen-bond acceptors (Lipinski definition) is 4. The number of ketones is 1. The largest absolute Gasteiger partial charge is 0.484 e. The lowest BCUT2D eigenvalue weighted by molar-refractivity contribution is -0.118. The maximum atomic E-state index is 12.1. The molecule has 6 nitrogen and oxygen atoms in total. The van der Waals surface area contributed by atoms with Crippen molar-refractivity contribution in [1.82, 2.24) is 0 Å². The molecule has 1 heterocycles. The molecule has 0 saturated carbocycles. The highest BCUT2D eigenvalue weighted by molar-refractivity contribution is 5.97. The quantitative estimate of drug-likeness (QED) is 0.762. The van der Waals surface area contributed by atoms with Crippen molar-refractivity contribution in [2.24, 2.45) is 0 Å². The molecule has 1 saturated heterocycles. The van der Waals surface area contributed by atoms with Crippen LogP contribution in [0.15, 0.2) is 48.5 Å². The van der Waals surface area contributed by atoms with Crippen molar-refractivity contribution in [2.75, 3.05) is 23.4 Å². The molecule has 1 N–H and O–H groups in total. The minimum Gasteiger partial charge on any atom is -0.484 e. The number of Topliss-reactive ketones (excluding diaryl/α,β-unsaturated/α-hetero) is 1. The number of hydrogen-bond donors (Lipinski definition) is 1. The van der Waals surface area contributed by atoms with E-state index in [1.54, 1.807) is 47.4 Å². The van der Waals surface area contributed by atoms with Crippen LogP contribution in [0.25, 0.3) is 0 Å². The van der Waals surface area contributed by atoms with Gasteiger partial charge in [-0.15, -0.1) is 0 Å². The molecule has 0 atom stereocenters. The molecule has 1 aliphatic rings. The van der Waals surface area contributed by atoms with Crippen LogP contribution in [0.1, 0.15) is 36.5 Å². The second kappa shape index (κ2) is 8.49. The Kier molecular flexibility index (Phi) is 5.86. The predicted octanol–water partition coefficient (Wildman–Crippen LogP) is 3.42. The van der Waals surface area contributed by atoms with Crippen LogP contribution in [-0.2, 0) is 9.59 Å². The fourth-order valence-corrected chi connectivity index (χ4v) is 2.96. The highest BCUT2D eigenvalue weighted by atomic mass is 16.5. The molecule has 1 aliphatic heterocycles. The first-order chi connectivity index (χ1) is 13.1. The normalized spacial score (nSPS) is 13.5. The van der Waals surface area contributed by atoms with Gasteiger partial charge in [-0.1, -0.05) is 13.0 Å². The Hall–Kier alpha value is -3.15. The van der Waals surface area contributed by atoms with E-state index in [1.165, 1.54) is 0 Å². The Morgan fingerprint density at radius 1 is 1.15 bits per heavy atom. The van der Waals surface area contributed by atoms with Crippen LogP contribution < -0.4 is 15.0 Å². The third kappa shape index (κ3) is 4.73. The first-order valence-corrected chi connectivity index (χ1v) is 9.03. The van der Waals surface area contributed by atoms with Crippen LogP contribution in [0.5, 0.6) is 5.75 Å². The summed E-state index contributed by atoms with van der Waals surface area (Å²) in [5, 5.41) is 2.77. The van der Waals surface area contributed by atoms with E-state index in [0.29, 0.717) is 36.4 Å². The Morgan fingerprint density at radius 3 is 2.59 bits per heavy atom. The van der Waals surface area contributed by atoms with Gasteiger partial charge in [-0.05, 0) is 48.9 Å². The Morgan fingerprint density at radius 2 is 1.93 bits per heavy atom. The van der Waals surface area contributed by atoms with Crippen LogP contribution in [0.2, 0.25) is 0 Å². The molecule has 0 spiro atoms. The van der Waals surface area contributed by atoms with Gasteiger partial charge < -0.3 is 15.0 Å². The molecule has 0 unspecified atom stereocenters. The number of nitrogens with one attached hydrogen (secondary N) is 1. The summed E-state index contributed by atoms with van der Waals surface area (Å²) >= 11 is 0. The lowest BCUT2D eigenvalue weighted by Gasteiger charge is -2.16. The third-order valence-electron chi connectivity index (χ3n) is 4.38. The van der Waals surface area contributed by atoms with Gasteiger partial charge in [0.05, 0.1) is 0 Å². The van der Waals surface area contributed by atoms with Gasteiger partial charge in [0.15, 0.2) is 12.4 Å². The molecule has 0 radical (unpaired) electrons. The number of carbonyl (C=O) groups excluding carboxylic acids is 3. The van der Waals surface area contributed by atoms with Gasteiger partial charge in [0.2, 0.25) is 5.91 Å². The zero-order chi connectivity index (χ0) is 19.2. The van der Waals surface area contributed by atoms with Crippen molar-refractivity contribution in [3.05, 3.63) is 54.1 Å². The van der Waals surface area contributed by atoms with Gasteiger partial charge in [0.25, 0.3) is 5.91 Å². The lowest BCUT2D eigenvalue weighted by Crippen LogP contribution is -2.24. The molecule has 3 rings (SSSR count). The number of anilines is 2. The van der Waals surface area contributed by atoms with Crippen molar-refractivity contribution in [3.8, 4) is 5.75 Å². The Labute approximate surface area is 158 Å². The minimum absolute atomic E-state index is 0.0654. The summed E-state index contributed by atoms with van der Waals surface area (Å²) in [5.41, 5.74) is 2.03. The van der Waals surface area contributed by atoms with E-state index in [2.05, 4.69) is 5.32 Å². The first kappa shape index (κ1) is 18.6. The van der Waals surface area contributed by atoms with E-state index in [0.717, 1.165) is 12.1 Å². The number of benzene rings is 2. The molecule has 1 fully saturated rings. The average molecular weight is 366 g/mol. The molecule has 2 aromatic rings. The van der Waals surface area contributed by atoms with Gasteiger partial charge in [-0.2, -0.15) is 0 Å². The minimum atomic E-state index is -0.298. The number of carbonyl (C=O) groups is 3. The maximum absolute atomic E-state index is 12.1. The zero-order valence-electron chi connectivity index (χ0n) is 15.2. The smallest absolute Gasteiger partial charge is 0.262 e. The number of amides is 2. The van der Waals surface area contributed by atoms with Crippen molar-refractivity contribution < 1.29 is 19.1 Å². The summed E-state index contributed by atoms with van der Waals surface area (Å²) in [4.78, 5) is 37.3. The summed E-state index contributed by atoms with van der Waals surface area (Å²) in [6.45, 7) is 2.37. The summed E-state index contributed by atoms with van der Waals surface area (Å²) in [5.74, 6) is 0.394. The molecule has 6 heteroatoms. The second-order valence-corrected chi connectivity index (χ2v) is 6.34. The first-order valence-electron chi connectivity index (χ1n) is 9.03. The van der Waals surface area contributed by atoms with Gasteiger partial charge >= 0.3 is 0 Å². The van der Waals surface area contributed by atoms with E-state index < -0.39 is 0 Å². The fourth-order valence-electron chi connectivity index (χ4n) is 2.96. The average Bonchev–Trinajstić information content (AvgIpc) is 3.12. The van der Waals surface area contributed by atoms with Gasteiger partial charge in [-0.25, -0.2) is 0 Å². The van der Waals surface area contributed by atoms with E-state index >= 15 is 0 Å². The molecule has 140 valence electrons. The molecule has 0 bridgehead atoms. The molecule has 2 aromatic carbocycles. The zero-order valence-corrected chi connectivity index (χ0v) is 15.2. The number of rotatable bonds is 7. The van der Waals surface area contributed by atoms with E-state index in [4.69, 9.17) is 4.74 Å². The summed E-state index contributed by atoms with van der Waals surface area (Å²) in [6, 6.07) is 13.9. The highest BCUT2D eigenvalue weighted by Crippen LogP contribution is 2.24. The van der Waals surface area contributed by atoms with Gasteiger partial charge in [-0.3, -0.25) is 14.4 Å². The lowest BCUT2D eigenvalue weighted by atomic mass is 10.1. The SMILES string of the molecule is CCC(=O)c1ccc(OCC(=O)Nc2cccc(N3CCCC3=O)c2)cc1. The third-order valence-corrected chi connectivity index (χ3v) is 4.38. The topological polar surface area (TPSA) is 75.7 Å². The monoisotopic (exact) mass is 366 g/mol. The molecule has 2 amide bonds. The molecule has 27 heavy (non-hydrogen) atoms. The fraction of sp³-hybridized carbons (Fsp3) is 0.286. The van der Waals surface area contributed by atoms with Gasteiger partial charge in [0, 0.05) is 36.3 Å². The Balaban J connectivity index is 1.55. The summed E-state index contributed by atoms with van der Waals surface area (Å²) in [7, 11) is 0. The molecular weight excluding hydrogens is 344 g/mol. The van der Waals surface area contributed by atoms with Gasteiger partial charge in [0.1, 0.15) is 5.75 Å². The van der Waals surface area contributed by atoms with E-state index in [-0.39, 0.29) is 24.2 Å². The summed E-state index contributed by atoms with van der Waals surface area (Å²) in [6.07, 6.45) is 1.86. The van der Waals surface area contributed by atoms with Crippen LogP contribution in [0.4, 0.5) is 11.4 Å². The predicted molar refractivity (Wildman–Crippen MR) is 103 cm³/mol. The second-order valence-electron chi connectivity index (χ2n) is 6.34. The molecule has 0 aliphatic carbocycles. The van der Waals surface area contributed by atoms with Crippen LogP contribution in [0.3, 0.4) is 0 Å². The number of nitrogens with zero attached hydrogens (tertiary/aromatic N) is 1. The maximum Gasteiger partial charge on any atom is 0.262 e. The highest BCUT2D eigenvalue weighted by Gasteiger charge is 2.21. The van der Waals surface area contributed by atoms with Crippen LogP contribution >= 0.6 is 0 Å². The van der Waals surface area contributed by atoms with Crippen molar-refractivity contribution >= 4 is 29.0 Å². The van der Waals surface area contributed by atoms with Crippen molar-refractivity contribution in [3.63, 3.8) is 0 Å². The molecular formula is C21H22N2O4. The van der Waals surface area contributed by atoms with E-state index in [1.807, 2.05) is 13.0 Å². The van der Waals surface area contributed by atoms with Crippen LogP contribution in [-0.4, -0.2) is 30.7 Å². The summed E-state index contributed by atoms with van der Waals surface area (Å²) < 4.78 is 5.47. The van der Waals surface area contributed by atoms with Crippen LogP contribution in [0, 0.1) is 0 Å². The standard InChI is InChI=1S/C21H22N2O4/c1-2-19(24)15-8-10-18(11-9-15)27-14-20(25)22-16-5-3-6-17(13-16)23-12-4-7-21(23)26/h3,5-6,8-11,13H,2,4,7,12,14H2,1H3,(H,22,25). The van der Waals surface area contributed by atoms with Crippen molar-refractivity contribution in [2.45, 2.75) is 26.2 Å². The molecule has 0 aromatic heterocycles. The van der Waals surface area contributed by atoms with Crippen molar-refractivity contribution in [1.29, 1.82) is 0 Å².